The molecule has 0 aliphatic heterocycles. The van der Waals surface area contributed by atoms with Crippen LogP contribution in [0.15, 0.2) is 10.6 Å². The van der Waals surface area contributed by atoms with Crippen LogP contribution in [0.2, 0.25) is 0 Å². The van der Waals surface area contributed by atoms with Gasteiger partial charge in [-0.15, -0.1) is 0 Å². The maximum Gasteiger partial charge on any atom is 0.273 e. The van der Waals surface area contributed by atoms with Gasteiger partial charge in [-0.25, -0.2) is 0 Å². The van der Waals surface area contributed by atoms with Crippen molar-refractivity contribution in [2.24, 2.45) is 0 Å². The first kappa shape index (κ1) is 18.7. The van der Waals surface area contributed by atoms with Crippen molar-refractivity contribution in [1.29, 1.82) is 0 Å². The first-order valence-electron chi connectivity index (χ1n) is 8.50. The molecule has 22 heavy (non-hydrogen) atoms. The van der Waals surface area contributed by atoms with E-state index in [9.17, 15) is 4.79 Å². The van der Waals surface area contributed by atoms with Gasteiger partial charge in [-0.3, -0.25) is 9.69 Å². The number of rotatable bonds is 9. The van der Waals surface area contributed by atoms with E-state index in [-0.39, 0.29) is 17.5 Å². The van der Waals surface area contributed by atoms with E-state index in [0.29, 0.717) is 5.69 Å². The predicted octanol–water partition coefficient (Wildman–Crippen LogP) is 3.26. The van der Waals surface area contributed by atoms with E-state index in [4.69, 9.17) is 4.52 Å². The normalized spacial score (nSPS) is 13.4. The standard InChI is InChI=1S/C17H31N3O2/c1-7-14-12-15(19-22-14)16(21)18-13(6)17(8-2,9-3)20(10-4)11-5/h12-13H,7-11H2,1-6H3,(H,18,21). The average molecular weight is 309 g/mol. The molecule has 1 aromatic heterocycles. The molecule has 1 N–H and O–H groups in total. The topological polar surface area (TPSA) is 58.4 Å². The van der Waals surface area contributed by atoms with Crippen molar-refractivity contribution < 1.29 is 9.32 Å². The minimum absolute atomic E-state index is 0.0313. The quantitative estimate of drug-likeness (QED) is 0.760. The zero-order valence-corrected chi connectivity index (χ0v) is 14.9. The molecular formula is C17H31N3O2. The summed E-state index contributed by atoms with van der Waals surface area (Å²) in [5.74, 6) is 0.577. The first-order chi connectivity index (χ1) is 10.5. The molecule has 1 atom stereocenters. The first-order valence-corrected chi connectivity index (χ1v) is 8.50. The Hall–Kier alpha value is -1.36. The van der Waals surface area contributed by atoms with Gasteiger partial charge in [0.15, 0.2) is 5.69 Å². The SMILES string of the molecule is CCc1cc(C(=O)NC(C)C(CC)(CC)N(CC)CC)no1. The van der Waals surface area contributed by atoms with Crippen molar-refractivity contribution in [3.63, 3.8) is 0 Å². The van der Waals surface area contributed by atoms with Crippen LogP contribution >= 0.6 is 0 Å². The number of aryl methyl sites for hydroxylation is 1. The summed E-state index contributed by atoms with van der Waals surface area (Å²) in [7, 11) is 0. The zero-order chi connectivity index (χ0) is 16.8. The number of hydrogen-bond acceptors (Lipinski definition) is 4. The van der Waals surface area contributed by atoms with Gasteiger partial charge in [0.2, 0.25) is 0 Å². The summed E-state index contributed by atoms with van der Waals surface area (Å²) in [5, 5.41) is 6.98. The average Bonchev–Trinajstić information content (AvgIpc) is 3.01. The molecule has 0 radical (unpaired) electrons. The summed E-state index contributed by atoms with van der Waals surface area (Å²) < 4.78 is 5.12. The molecule has 0 spiro atoms. The van der Waals surface area contributed by atoms with E-state index in [1.165, 1.54) is 0 Å². The Balaban J connectivity index is 2.90. The number of amides is 1. The van der Waals surface area contributed by atoms with Crippen LogP contribution in [-0.4, -0.2) is 40.6 Å². The van der Waals surface area contributed by atoms with E-state index in [1.54, 1.807) is 6.07 Å². The molecule has 1 amide bonds. The molecule has 0 aromatic carbocycles. The van der Waals surface area contributed by atoms with Gasteiger partial charge < -0.3 is 9.84 Å². The molecule has 126 valence electrons. The lowest BCUT2D eigenvalue weighted by atomic mass is 9.83. The van der Waals surface area contributed by atoms with Crippen LogP contribution in [0.4, 0.5) is 0 Å². The molecular weight excluding hydrogens is 278 g/mol. The Bertz CT molecular complexity index is 462. The van der Waals surface area contributed by atoms with Gasteiger partial charge in [0.1, 0.15) is 5.76 Å². The Kier molecular flexibility index (Phi) is 7.07. The minimum Gasteiger partial charge on any atom is -0.361 e. The molecule has 5 nitrogen and oxygen atoms in total. The molecule has 1 heterocycles. The lowest BCUT2D eigenvalue weighted by Gasteiger charge is -2.46. The molecule has 0 saturated heterocycles. The number of carbonyl (C=O) groups excluding carboxylic acids is 1. The highest BCUT2D eigenvalue weighted by atomic mass is 16.5. The van der Waals surface area contributed by atoms with Crippen LogP contribution in [0.1, 0.15) is 70.6 Å². The number of carbonyl (C=O) groups is 1. The van der Waals surface area contributed by atoms with Crippen molar-refractivity contribution in [2.45, 2.75) is 72.4 Å². The van der Waals surface area contributed by atoms with Crippen LogP contribution in [0.3, 0.4) is 0 Å². The highest BCUT2D eigenvalue weighted by Gasteiger charge is 2.38. The van der Waals surface area contributed by atoms with Gasteiger partial charge in [-0.05, 0) is 32.9 Å². The third-order valence-electron chi connectivity index (χ3n) is 4.91. The van der Waals surface area contributed by atoms with Gasteiger partial charge in [-0.2, -0.15) is 0 Å². The maximum absolute atomic E-state index is 12.4. The van der Waals surface area contributed by atoms with E-state index >= 15 is 0 Å². The third-order valence-corrected chi connectivity index (χ3v) is 4.91. The number of hydrogen-bond donors (Lipinski definition) is 1. The second-order valence-corrected chi connectivity index (χ2v) is 5.71. The van der Waals surface area contributed by atoms with Crippen molar-refractivity contribution in [1.82, 2.24) is 15.4 Å². The Morgan fingerprint density at radius 1 is 1.27 bits per heavy atom. The number of aromatic nitrogens is 1. The van der Waals surface area contributed by atoms with Crippen molar-refractivity contribution in [2.75, 3.05) is 13.1 Å². The minimum atomic E-state index is -0.158. The highest BCUT2D eigenvalue weighted by Crippen LogP contribution is 2.28. The third kappa shape index (κ3) is 3.69. The fourth-order valence-electron chi connectivity index (χ4n) is 3.43. The summed E-state index contributed by atoms with van der Waals surface area (Å²) in [6.07, 6.45) is 2.72. The van der Waals surface area contributed by atoms with Crippen LogP contribution in [0.5, 0.6) is 0 Å². The molecule has 0 aliphatic rings. The van der Waals surface area contributed by atoms with Gasteiger partial charge in [0.25, 0.3) is 5.91 Å². The number of likely N-dealkylation sites (N-methyl/N-ethyl adjacent to an activating group) is 1. The second kappa shape index (κ2) is 8.32. The highest BCUT2D eigenvalue weighted by molar-refractivity contribution is 5.92. The molecule has 0 fully saturated rings. The molecule has 1 unspecified atom stereocenters. The second-order valence-electron chi connectivity index (χ2n) is 5.71. The van der Waals surface area contributed by atoms with Crippen LogP contribution in [-0.2, 0) is 6.42 Å². The predicted molar refractivity (Wildman–Crippen MR) is 89.0 cm³/mol. The van der Waals surface area contributed by atoms with Crippen molar-refractivity contribution in [3.8, 4) is 0 Å². The molecule has 5 heteroatoms. The summed E-state index contributed by atoms with van der Waals surface area (Å²) in [6.45, 7) is 14.7. The smallest absolute Gasteiger partial charge is 0.273 e. The summed E-state index contributed by atoms with van der Waals surface area (Å²) in [4.78, 5) is 14.9. The van der Waals surface area contributed by atoms with E-state index < -0.39 is 0 Å². The van der Waals surface area contributed by atoms with E-state index in [1.807, 2.05) is 6.92 Å². The Morgan fingerprint density at radius 3 is 2.27 bits per heavy atom. The van der Waals surface area contributed by atoms with E-state index in [2.05, 4.69) is 50.0 Å². The van der Waals surface area contributed by atoms with Gasteiger partial charge in [-0.1, -0.05) is 39.8 Å². The van der Waals surface area contributed by atoms with Crippen LogP contribution in [0.25, 0.3) is 0 Å². The Labute approximate surface area is 134 Å². The lowest BCUT2D eigenvalue weighted by molar-refractivity contribution is 0.0503. The molecule has 1 aromatic rings. The Morgan fingerprint density at radius 2 is 1.86 bits per heavy atom. The summed E-state index contributed by atoms with van der Waals surface area (Å²) in [5.41, 5.74) is 0.334. The van der Waals surface area contributed by atoms with Gasteiger partial charge in [0.05, 0.1) is 0 Å². The fourth-order valence-corrected chi connectivity index (χ4v) is 3.43. The number of nitrogens with zero attached hydrogens (tertiary/aromatic N) is 2. The molecule has 1 rings (SSSR count). The van der Waals surface area contributed by atoms with Gasteiger partial charge >= 0.3 is 0 Å². The molecule has 0 bridgehead atoms. The molecule has 0 aliphatic carbocycles. The largest absolute Gasteiger partial charge is 0.361 e. The molecule has 0 saturated carbocycles. The van der Waals surface area contributed by atoms with Crippen LogP contribution in [0, 0.1) is 0 Å². The monoisotopic (exact) mass is 309 g/mol. The van der Waals surface area contributed by atoms with Crippen LogP contribution < -0.4 is 5.32 Å². The summed E-state index contributed by atoms with van der Waals surface area (Å²) in [6, 6.07) is 1.76. The maximum atomic E-state index is 12.4. The fraction of sp³-hybridized carbons (Fsp3) is 0.765. The zero-order valence-electron chi connectivity index (χ0n) is 14.9. The van der Waals surface area contributed by atoms with Crippen molar-refractivity contribution in [3.05, 3.63) is 17.5 Å². The van der Waals surface area contributed by atoms with E-state index in [0.717, 1.165) is 38.1 Å². The summed E-state index contributed by atoms with van der Waals surface area (Å²) >= 11 is 0. The number of nitrogens with one attached hydrogen (secondary N) is 1. The van der Waals surface area contributed by atoms with Crippen molar-refractivity contribution >= 4 is 5.91 Å². The lowest BCUT2D eigenvalue weighted by Crippen LogP contribution is -2.60. The van der Waals surface area contributed by atoms with Gasteiger partial charge in [0, 0.05) is 24.1 Å².